The predicted octanol–water partition coefficient (Wildman–Crippen LogP) is 1.17. The summed E-state index contributed by atoms with van der Waals surface area (Å²) in [5.74, 6) is 0.491. The number of nitrogens with one attached hydrogen (secondary N) is 2. The smallest absolute Gasteiger partial charge is 0.241 e. The van der Waals surface area contributed by atoms with Gasteiger partial charge >= 0.3 is 0 Å². The van der Waals surface area contributed by atoms with E-state index in [9.17, 15) is 8.42 Å². The summed E-state index contributed by atoms with van der Waals surface area (Å²) in [6.07, 6.45) is 1.87. The monoisotopic (exact) mass is 304 g/mol. The summed E-state index contributed by atoms with van der Waals surface area (Å²) in [6, 6.07) is 1.72. The minimum absolute atomic E-state index is 0.366. The molecule has 2 heterocycles. The second-order valence-electron chi connectivity index (χ2n) is 4.70. The molecule has 0 aromatic carbocycles. The summed E-state index contributed by atoms with van der Waals surface area (Å²) in [7, 11) is -1.51. The van der Waals surface area contributed by atoms with E-state index in [0.717, 1.165) is 30.9 Å². The molecule has 19 heavy (non-hydrogen) atoms. The van der Waals surface area contributed by atoms with Crippen molar-refractivity contribution in [1.82, 2.24) is 10.0 Å². The highest BCUT2D eigenvalue weighted by Gasteiger charge is 2.19. The van der Waals surface area contributed by atoms with Crippen LogP contribution < -0.4 is 10.0 Å². The van der Waals surface area contributed by atoms with Gasteiger partial charge in [0.25, 0.3) is 0 Å². The normalized spacial score (nSPS) is 19.9. The van der Waals surface area contributed by atoms with Gasteiger partial charge in [-0.3, -0.25) is 0 Å². The minimum Gasteiger partial charge on any atom is -0.381 e. The van der Waals surface area contributed by atoms with Crippen LogP contribution >= 0.6 is 11.3 Å². The third kappa shape index (κ3) is 4.25. The van der Waals surface area contributed by atoms with Crippen molar-refractivity contribution in [1.29, 1.82) is 0 Å². The molecule has 0 radical (unpaired) electrons. The number of ether oxygens (including phenoxy) is 1. The molecule has 0 spiro atoms. The Hall–Kier alpha value is -0.470. The quantitative estimate of drug-likeness (QED) is 0.793. The summed E-state index contributed by atoms with van der Waals surface area (Å²) in [5.41, 5.74) is 0. The fourth-order valence-corrected chi connectivity index (χ4v) is 4.39. The number of hydrogen-bond acceptors (Lipinski definition) is 5. The molecule has 0 saturated carbocycles. The number of hydrogen-bond donors (Lipinski definition) is 2. The van der Waals surface area contributed by atoms with Crippen LogP contribution in [-0.2, 0) is 21.3 Å². The van der Waals surface area contributed by atoms with Gasteiger partial charge < -0.3 is 10.1 Å². The molecule has 1 aliphatic heterocycles. The first-order valence-corrected chi connectivity index (χ1v) is 8.77. The molecule has 1 atom stereocenters. The Bertz CT molecular complexity index is 493. The lowest BCUT2D eigenvalue weighted by Gasteiger charge is -2.08. The van der Waals surface area contributed by atoms with Gasteiger partial charge in [-0.15, -0.1) is 11.3 Å². The first kappa shape index (κ1) is 14.9. The Balaban J connectivity index is 1.85. The zero-order valence-corrected chi connectivity index (χ0v) is 12.6. The highest BCUT2D eigenvalue weighted by Crippen LogP contribution is 2.20. The Morgan fingerprint density at radius 3 is 3.05 bits per heavy atom. The van der Waals surface area contributed by atoms with Crippen LogP contribution in [0.5, 0.6) is 0 Å². The lowest BCUT2D eigenvalue weighted by atomic mass is 10.1. The number of sulfonamides is 1. The molecule has 7 heteroatoms. The van der Waals surface area contributed by atoms with Gasteiger partial charge in [-0.1, -0.05) is 0 Å². The van der Waals surface area contributed by atoms with E-state index >= 15 is 0 Å². The summed E-state index contributed by atoms with van der Waals surface area (Å²) in [5, 5.41) is 4.70. The SMILES string of the molecule is CNCc1cc(S(=O)(=O)NCCC2CCOC2)cs1. The minimum atomic E-state index is -3.36. The van der Waals surface area contributed by atoms with Crippen molar-refractivity contribution in [2.45, 2.75) is 24.3 Å². The molecule has 1 aromatic rings. The highest BCUT2D eigenvalue weighted by atomic mass is 32.2. The van der Waals surface area contributed by atoms with Gasteiger partial charge in [-0.05, 0) is 31.9 Å². The van der Waals surface area contributed by atoms with Crippen LogP contribution in [0.3, 0.4) is 0 Å². The van der Waals surface area contributed by atoms with Crippen LogP contribution in [0.4, 0.5) is 0 Å². The number of thiophene rings is 1. The van der Waals surface area contributed by atoms with Gasteiger partial charge in [0, 0.05) is 36.6 Å². The zero-order chi connectivity index (χ0) is 13.7. The third-order valence-corrected chi connectivity index (χ3v) is 5.69. The molecule has 1 saturated heterocycles. The zero-order valence-electron chi connectivity index (χ0n) is 11.0. The summed E-state index contributed by atoms with van der Waals surface area (Å²) in [6.45, 7) is 2.73. The molecule has 2 N–H and O–H groups in total. The Morgan fingerprint density at radius 1 is 1.53 bits per heavy atom. The topological polar surface area (TPSA) is 67.4 Å². The van der Waals surface area contributed by atoms with Crippen molar-refractivity contribution in [3.05, 3.63) is 16.3 Å². The van der Waals surface area contributed by atoms with Crippen LogP contribution in [0.25, 0.3) is 0 Å². The highest BCUT2D eigenvalue weighted by molar-refractivity contribution is 7.89. The Labute approximate surface area is 118 Å². The Morgan fingerprint density at radius 2 is 2.37 bits per heavy atom. The lowest BCUT2D eigenvalue weighted by molar-refractivity contribution is 0.184. The van der Waals surface area contributed by atoms with Crippen molar-refractivity contribution in [3.63, 3.8) is 0 Å². The molecule has 5 nitrogen and oxygen atoms in total. The van der Waals surface area contributed by atoms with Crippen molar-refractivity contribution in [3.8, 4) is 0 Å². The molecule has 108 valence electrons. The Kier molecular flexibility index (Phi) is 5.35. The molecule has 1 unspecified atom stereocenters. The van der Waals surface area contributed by atoms with E-state index in [-0.39, 0.29) is 0 Å². The third-order valence-electron chi connectivity index (χ3n) is 3.16. The fourth-order valence-electron chi connectivity index (χ4n) is 2.06. The van der Waals surface area contributed by atoms with E-state index in [0.29, 0.717) is 23.9 Å². The van der Waals surface area contributed by atoms with Gasteiger partial charge in [-0.25, -0.2) is 13.1 Å². The van der Waals surface area contributed by atoms with Gasteiger partial charge in [0.1, 0.15) is 0 Å². The van der Waals surface area contributed by atoms with Crippen molar-refractivity contribution < 1.29 is 13.2 Å². The van der Waals surface area contributed by atoms with E-state index in [4.69, 9.17) is 4.74 Å². The first-order chi connectivity index (χ1) is 9.12. The molecule has 0 bridgehead atoms. The summed E-state index contributed by atoms with van der Waals surface area (Å²) in [4.78, 5) is 1.39. The van der Waals surface area contributed by atoms with E-state index in [1.807, 2.05) is 7.05 Å². The van der Waals surface area contributed by atoms with Gasteiger partial charge in [0.05, 0.1) is 4.90 Å². The van der Waals surface area contributed by atoms with E-state index in [1.54, 1.807) is 11.4 Å². The van der Waals surface area contributed by atoms with E-state index in [2.05, 4.69) is 10.0 Å². The largest absolute Gasteiger partial charge is 0.381 e. The lowest BCUT2D eigenvalue weighted by Crippen LogP contribution is -2.26. The maximum atomic E-state index is 12.1. The molecule has 1 fully saturated rings. The van der Waals surface area contributed by atoms with Crippen molar-refractivity contribution in [2.24, 2.45) is 5.92 Å². The van der Waals surface area contributed by atoms with Gasteiger partial charge in [0.2, 0.25) is 10.0 Å². The summed E-state index contributed by atoms with van der Waals surface area (Å²) >= 11 is 1.46. The molecule has 1 aliphatic rings. The standard InChI is InChI=1S/C12H20N2O3S2/c1-13-7-11-6-12(9-18-11)19(15,16)14-4-2-10-3-5-17-8-10/h6,9-10,13-14H,2-5,7-8H2,1H3. The van der Waals surface area contributed by atoms with Crippen LogP contribution in [0.2, 0.25) is 0 Å². The van der Waals surface area contributed by atoms with Gasteiger partial charge in [-0.2, -0.15) is 0 Å². The van der Waals surface area contributed by atoms with Gasteiger partial charge in [0.15, 0.2) is 0 Å². The average Bonchev–Trinajstić information content (AvgIpc) is 3.00. The fraction of sp³-hybridized carbons (Fsp3) is 0.667. The van der Waals surface area contributed by atoms with E-state index in [1.165, 1.54) is 11.3 Å². The van der Waals surface area contributed by atoms with Crippen LogP contribution in [0, 0.1) is 5.92 Å². The number of rotatable bonds is 7. The molecular formula is C12H20N2O3S2. The van der Waals surface area contributed by atoms with E-state index < -0.39 is 10.0 Å². The van der Waals surface area contributed by atoms with Crippen LogP contribution in [0.1, 0.15) is 17.7 Å². The second kappa shape index (κ2) is 6.81. The predicted molar refractivity (Wildman–Crippen MR) is 75.8 cm³/mol. The molecule has 0 amide bonds. The second-order valence-corrected chi connectivity index (χ2v) is 7.46. The molecule has 2 rings (SSSR count). The first-order valence-electron chi connectivity index (χ1n) is 6.41. The molecule has 1 aromatic heterocycles. The summed E-state index contributed by atoms with van der Waals surface area (Å²) < 4.78 is 32.1. The van der Waals surface area contributed by atoms with Crippen molar-refractivity contribution >= 4 is 21.4 Å². The molecule has 0 aliphatic carbocycles. The maximum absolute atomic E-state index is 12.1. The van der Waals surface area contributed by atoms with Crippen LogP contribution in [-0.4, -0.2) is 35.2 Å². The molecular weight excluding hydrogens is 284 g/mol. The van der Waals surface area contributed by atoms with Crippen LogP contribution in [0.15, 0.2) is 16.3 Å². The average molecular weight is 304 g/mol. The van der Waals surface area contributed by atoms with Crippen molar-refractivity contribution in [2.75, 3.05) is 26.8 Å². The maximum Gasteiger partial charge on any atom is 0.241 e.